The Morgan fingerprint density at radius 3 is 2.76 bits per heavy atom. The second-order valence-corrected chi connectivity index (χ2v) is 8.96. The van der Waals surface area contributed by atoms with E-state index in [4.69, 9.17) is 4.98 Å². The van der Waals surface area contributed by atoms with Crippen LogP contribution in [0.25, 0.3) is 10.4 Å². The number of nitriles is 1. The van der Waals surface area contributed by atoms with Crippen LogP contribution in [-0.4, -0.2) is 34.6 Å². The van der Waals surface area contributed by atoms with Crippen LogP contribution in [0.2, 0.25) is 0 Å². The number of likely N-dealkylation sites (N-methyl/N-ethyl adjacent to an activating group) is 1. The second-order valence-electron chi connectivity index (χ2n) is 6.92. The van der Waals surface area contributed by atoms with Gasteiger partial charge in [-0.25, -0.2) is 4.98 Å². The van der Waals surface area contributed by atoms with Crippen molar-refractivity contribution in [2.75, 3.05) is 13.6 Å². The fourth-order valence-corrected chi connectivity index (χ4v) is 5.40. The van der Waals surface area contributed by atoms with E-state index < -0.39 is 11.2 Å². The molecular formula is C22H19N3O2S2. The summed E-state index contributed by atoms with van der Waals surface area (Å²) in [6.07, 6.45) is 0.784. The highest BCUT2D eigenvalue weighted by Crippen LogP contribution is 2.43. The van der Waals surface area contributed by atoms with Gasteiger partial charge in [0.15, 0.2) is 0 Å². The highest BCUT2D eigenvalue weighted by Gasteiger charge is 2.29. The van der Waals surface area contributed by atoms with Gasteiger partial charge < -0.3 is 10.0 Å². The molecule has 3 aromatic rings. The van der Waals surface area contributed by atoms with Gasteiger partial charge in [0.05, 0.1) is 5.56 Å². The molecule has 0 amide bonds. The Hall–Kier alpha value is -2.66. The number of hydrogen-bond donors (Lipinski definition) is 1. The molecule has 1 aromatic carbocycles. The molecule has 1 atom stereocenters. The molecule has 29 heavy (non-hydrogen) atoms. The van der Waals surface area contributed by atoms with Gasteiger partial charge in [-0.1, -0.05) is 48.2 Å². The van der Waals surface area contributed by atoms with Crippen LogP contribution in [-0.2, 0) is 17.8 Å². The Bertz CT molecular complexity index is 1080. The fourth-order valence-electron chi connectivity index (χ4n) is 3.55. The van der Waals surface area contributed by atoms with Crippen LogP contribution in [0, 0.1) is 11.3 Å². The zero-order valence-electron chi connectivity index (χ0n) is 15.8. The first kappa shape index (κ1) is 19.6. The van der Waals surface area contributed by atoms with E-state index in [-0.39, 0.29) is 0 Å². The molecule has 2 aromatic heterocycles. The molecule has 4 rings (SSSR count). The molecule has 0 fully saturated rings. The monoisotopic (exact) mass is 421 g/mol. The van der Waals surface area contributed by atoms with Gasteiger partial charge in [-0.3, -0.25) is 4.79 Å². The average molecular weight is 422 g/mol. The summed E-state index contributed by atoms with van der Waals surface area (Å²) in [5.74, 6) is -0.943. The van der Waals surface area contributed by atoms with Crippen molar-refractivity contribution in [3.05, 3.63) is 70.2 Å². The minimum Gasteiger partial charge on any atom is -0.480 e. The highest BCUT2D eigenvalue weighted by atomic mass is 32.2. The van der Waals surface area contributed by atoms with Crippen LogP contribution in [0.1, 0.15) is 27.6 Å². The third kappa shape index (κ3) is 3.92. The van der Waals surface area contributed by atoms with Crippen molar-refractivity contribution in [1.82, 2.24) is 9.88 Å². The smallest absolute Gasteiger partial charge is 0.321 e. The Labute approximate surface area is 177 Å². The van der Waals surface area contributed by atoms with Gasteiger partial charge >= 0.3 is 5.97 Å². The van der Waals surface area contributed by atoms with Crippen molar-refractivity contribution in [2.45, 2.75) is 23.2 Å². The molecule has 1 N–H and O–H groups in total. The quantitative estimate of drug-likeness (QED) is 0.607. The number of thiophene rings is 1. The summed E-state index contributed by atoms with van der Waals surface area (Å²) in [5.41, 5.74) is 4.09. The first-order valence-corrected chi connectivity index (χ1v) is 11.0. The standard InChI is InChI=1S/C22H19N3O2S2/c1-25-10-9-17-16(13-25)19(18-8-5-11-28-18)15(12-23)21(24-17)29-20(22(26)27)14-6-3-2-4-7-14/h2-8,11,20H,9-10,13H2,1H3,(H,26,27)/t20-/m1/s1. The molecule has 0 aliphatic carbocycles. The summed E-state index contributed by atoms with van der Waals surface area (Å²) in [4.78, 5) is 20.0. The van der Waals surface area contributed by atoms with E-state index in [1.165, 1.54) is 0 Å². The van der Waals surface area contributed by atoms with Crippen molar-refractivity contribution in [3.8, 4) is 16.5 Å². The van der Waals surface area contributed by atoms with E-state index >= 15 is 0 Å². The maximum Gasteiger partial charge on any atom is 0.321 e. The zero-order chi connectivity index (χ0) is 20.4. The summed E-state index contributed by atoms with van der Waals surface area (Å²) in [6, 6.07) is 15.4. The lowest BCUT2D eigenvalue weighted by atomic mass is 9.96. The molecule has 7 heteroatoms. The van der Waals surface area contributed by atoms with Gasteiger partial charge in [0, 0.05) is 35.6 Å². The molecule has 3 heterocycles. The maximum atomic E-state index is 12.0. The number of thioether (sulfide) groups is 1. The molecule has 0 unspecified atom stereocenters. The van der Waals surface area contributed by atoms with Gasteiger partial charge in [0.1, 0.15) is 16.3 Å². The molecule has 0 saturated carbocycles. The molecule has 1 aliphatic heterocycles. The van der Waals surface area contributed by atoms with E-state index in [1.54, 1.807) is 23.5 Å². The van der Waals surface area contributed by atoms with Gasteiger partial charge in [-0.15, -0.1) is 11.3 Å². The van der Waals surface area contributed by atoms with E-state index in [0.29, 0.717) is 16.2 Å². The Kier molecular flexibility index (Phi) is 5.67. The summed E-state index contributed by atoms with van der Waals surface area (Å²) in [5, 5.41) is 21.5. The number of hydrogen-bond acceptors (Lipinski definition) is 6. The number of aromatic nitrogens is 1. The topological polar surface area (TPSA) is 77.2 Å². The minimum atomic E-state index is -0.943. The van der Waals surface area contributed by atoms with Crippen LogP contribution in [0.15, 0.2) is 52.9 Å². The molecule has 0 saturated heterocycles. The minimum absolute atomic E-state index is 0.466. The van der Waals surface area contributed by atoms with Crippen molar-refractivity contribution in [3.63, 3.8) is 0 Å². The normalized spacial score (nSPS) is 14.8. The lowest BCUT2D eigenvalue weighted by Gasteiger charge is -2.28. The SMILES string of the molecule is CN1CCc2nc(S[C@@H](C(=O)O)c3ccccc3)c(C#N)c(-c3cccs3)c2C1. The largest absolute Gasteiger partial charge is 0.480 e. The van der Waals surface area contributed by atoms with Crippen molar-refractivity contribution >= 4 is 29.1 Å². The van der Waals surface area contributed by atoms with E-state index in [2.05, 4.69) is 18.0 Å². The van der Waals surface area contributed by atoms with Crippen molar-refractivity contribution < 1.29 is 9.90 Å². The number of nitrogens with zero attached hydrogens (tertiary/aromatic N) is 3. The second kappa shape index (κ2) is 8.37. The summed E-state index contributed by atoms with van der Waals surface area (Å²) in [6.45, 7) is 1.62. The van der Waals surface area contributed by atoms with Crippen LogP contribution in [0.4, 0.5) is 0 Å². The van der Waals surface area contributed by atoms with Crippen LogP contribution in [0.3, 0.4) is 0 Å². The highest BCUT2D eigenvalue weighted by molar-refractivity contribution is 8.00. The number of pyridine rings is 1. The lowest BCUT2D eigenvalue weighted by Crippen LogP contribution is -2.28. The number of carbonyl (C=O) groups is 1. The van der Waals surface area contributed by atoms with Crippen LogP contribution < -0.4 is 0 Å². The molecule has 0 bridgehead atoms. The molecular weight excluding hydrogens is 402 g/mol. The Morgan fingerprint density at radius 1 is 1.31 bits per heavy atom. The molecule has 146 valence electrons. The lowest BCUT2D eigenvalue weighted by molar-refractivity contribution is -0.136. The van der Waals surface area contributed by atoms with E-state index in [9.17, 15) is 15.2 Å². The van der Waals surface area contributed by atoms with Crippen molar-refractivity contribution in [1.29, 1.82) is 5.26 Å². The molecule has 0 radical (unpaired) electrons. The van der Waals surface area contributed by atoms with E-state index in [0.717, 1.165) is 53.0 Å². The molecule has 5 nitrogen and oxygen atoms in total. The predicted octanol–water partition coefficient (Wildman–Crippen LogP) is 4.59. The fraction of sp³-hybridized carbons (Fsp3) is 0.227. The first-order valence-electron chi connectivity index (χ1n) is 9.21. The van der Waals surface area contributed by atoms with Crippen LogP contribution in [0.5, 0.6) is 0 Å². The van der Waals surface area contributed by atoms with Gasteiger partial charge in [0.25, 0.3) is 0 Å². The summed E-state index contributed by atoms with van der Waals surface area (Å²) in [7, 11) is 2.06. The molecule has 1 aliphatic rings. The zero-order valence-corrected chi connectivity index (χ0v) is 17.5. The van der Waals surface area contributed by atoms with E-state index in [1.807, 2.05) is 35.7 Å². The van der Waals surface area contributed by atoms with Gasteiger partial charge in [-0.2, -0.15) is 5.26 Å². The number of carboxylic acid groups (broad SMARTS) is 1. The Balaban J connectivity index is 1.87. The molecule has 0 spiro atoms. The predicted molar refractivity (Wildman–Crippen MR) is 115 cm³/mol. The number of carboxylic acids is 1. The number of rotatable bonds is 5. The summed E-state index contributed by atoms with van der Waals surface area (Å²) >= 11 is 2.73. The van der Waals surface area contributed by atoms with Gasteiger partial charge in [-0.05, 0) is 29.6 Å². The third-order valence-corrected chi connectivity index (χ3v) is 7.06. The number of fused-ring (bicyclic) bond motifs is 1. The Morgan fingerprint density at radius 2 is 2.10 bits per heavy atom. The van der Waals surface area contributed by atoms with Crippen molar-refractivity contribution in [2.24, 2.45) is 0 Å². The third-order valence-electron chi connectivity index (χ3n) is 4.94. The average Bonchev–Trinajstić information content (AvgIpc) is 3.25. The first-order chi connectivity index (χ1) is 14.1. The van der Waals surface area contributed by atoms with Gasteiger partial charge in [0.2, 0.25) is 0 Å². The number of benzene rings is 1. The summed E-state index contributed by atoms with van der Waals surface area (Å²) < 4.78 is 0. The number of aliphatic carboxylic acids is 1. The van der Waals surface area contributed by atoms with Crippen LogP contribution >= 0.6 is 23.1 Å². The maximum absolute atomic E-state index is 12.0.